The quantitative estimate of drug-likeness (QED) is 0.743. The highest BCUT2D eigenvalue weighted by Gasteiger charge is 2.06. The van der Waals surface area contributed by atoms with E-state index in [4.69, 9.17) is 5.11 Å². The SMILES string of the molecule is O=C(O)c1ccnc(-c2cnc[nH]2)c1. The predicted molar refractivity (Wildman–Crippen MR) is 48.8 cm³/mol. The predicted octanol–water partition coefficient (Wildman–Crippen LogP) is 1.17. The Bertz CT molecular complexity index is 451. The monoisotopic (exact) mass is 189 g/mol. The average molecular weight is 189 g/mol. The van der Waals surface area contributed by atoms with Crippen molar-refractivity contribution in [2.24, 2.45) is 0 Å². The van der Waals surface area contributed by atoms with Crippen LogP contribution in [-0.4, -0.2) is 26.0 Å². The first-order chi connectivity index (χ1) is 6.77. The van der Waals surface area contributed by atoms with Gasteiger partial charge in [-0.05, 0) is 12.1 Å². The number of carboxylic acid groups (broad SMARTS) is 1. The largest absolute Gasteiger partial charge is 0.478 e. The van der Waals surface area contributed by atoms with Crippen molar-refractivity contribution in [3.63, 3.8) is 0 Å². The maximum absolute atomic E-state index is 10.7. The van der Waals surface area contributed by atoms with Gasteiger partial charge >= 0.3 is 5.97 Å². The second-order valence-electron chi connectivity index (χ2n) is 2.70. The van der Waals surface area contributed by atoms with Gasteiger partial charge in [-0.25, -0.2) is 9.78 Å². The smallest absolute Gasteiger partial charge is 0.335 e. The highest BCUT2D eigenvalue weighted by atomic mass is 16.4. The molecule has 0 fully saturated rings. The normalized spacial score (nSPS) is 10.0. The zero-order valence-electron chi connectivity index (χ0n) is 7.14. The Kier molecular flexibility index (Phi) is 1.98. The van der Waals surface area contributed by atoms with Gasteiger partial charge in [0, 0.05) is 6.20 Å². The van der Waals surface area contributed by atoms with Crippen LogP contribution < -0.4 is 0 Å². The third-order valence-electron chi connectivity index (χ3n) is 1.78. The molecule has 0 spiro atoms. The number of carbonyl (C=O) groups is 1. The van der Waals surface area contributed by atoms with Crippen LogP contribution in [0.15, 0.2) is 30.9 Å². The standard InChI is InChI=1S/C9H7N3O2/c13-9(14)6-1-2-11-7(3-6)8-4-10-5-12-8/h1-5H,(H,10,12)(H,13,14). The van der Waals surface area contributed by atoms with Gasteiger partial charge in [-0.1, -0.05) is 0 Å². The molecular formula is C9H7N3O2. The summed E-state index contributed by atoms with van der Waals surface area (Å²) >= 11 is 0. The van der Waals surface area contributed by atoms with E-state index in [1.165, 1.54) is 24.7 Å². The molecule has 2 N–H and O–H groups in total. The molecule has 14 heavy (non-hydrogen) atoms. The van der Waals surface area contributed by atoms with Crippen molar-refractivity contribution >= 4 is 5.97 Å². The molecule has 0 unspecified atom stereocenters. The Morgan fingerprint density at radius 2 is 2.36 bits per heavy atom. The number of imidazole rings is 1. The lowest BCUT2D eigenvalue weighted by Crippen LogP contribution is -1.97. The summed E-state index contributed by atoms with van der Waals surface area (Å²) in [5.74, 6) is -0.965. The summed E-state index contributed by atoms with van der Waals surface area (Å²) in [6.45, 7) is 0. The van der Waals surface area contributed by atoms with Gasteiger partial charge in [0.2, 0.25) is 0 Å². The van der Waals surface area contributed by atoms with Crippen LogP contribution >= 0.6 is 0 Å². The molecule has 2 aromatic heterocycles. The Hall–Kier alpha value is -2.17. The van der Waals surface area contributed by atoms with E-state index in [-0.39, 0.29) is 5.56 Å². The highest BCUT2D eigenvalue weighted by Crippen LogP contribution is 2.13. The topological polar surface area (TPSA) is 78.9 Å². The molecule has 0 saturated carbocycles. The third kappa shape index (κ3) is 1.47. The molecule has 70 valence electrons. The lowest BCUT2D eigenvalue weighted by Gasteiger charge is -1.97. The summed E-state index contributed by atoms with van der Waals surface area (Å²) in [5.41, 5.74) is 1.49. The molecule has 0 radical (unpaired) electrons. The number of aromatic nitrogens is 3. The van der Waals surface area contributed by atoms with E-state index in [0.717, 1.165) is 0 Å². The first-order valence-electron chi connectivity index (χ1n) is 3.95. The molecule has 5 nitrogen and oxygen atoms in total. The van der Waals surface area contributed by atoms with Crippen molar-refractivity contribution in [1.82, 2.24) is 15.0 Å². The van der Waals surface area contributed by atoms with Gasteiger partial charge < -0.3 is 10.1 Å². The van der Waals surface area contributed by atoms with Crippen molar-refractivity contribution < 1.29 is 9.90 Å². The number of hydrogen-bond acceptors (Lipinski definition) is 3. The second kappa shape index (κ2) is 3.29. The lowest BCUT2D eigenvalue weighted by molar-refractivity contribution is 0.0697. The molecule has 0 bridgehead atoms. The Balaban J connectivity index is 2.46. The highest BCUT2D eigenvalue weighted by molar-refractivity contribution is 5.88. The number of hydrogen-bond donors (Lipinski definition) is 2. The Morgan fingerprint density at radius 1 is 1.50 bits per heavy atom. The number of H-pyrrole nitrogens is 1. The van der Waals surface area contributed by atoms with Crippen molar-refractivity contribution in [2.75, 3.05) is 0 Å². The van der Waals surface area contributed by atoms with Crippen LogP contribution in [0.2, 0.25) is 0 Å². The number of aromatic amines is 1. The fourth-order valence-electron chi connectivity index (χ4n) is 1.11. The minimum atomic E-state index is -0.965. The molecule has 0 saturated heterocycles. The van der Waals surface area contributed by atoms with Gasteiger partial charge in [-0.3, -0.25) is 4.98 Å². The van der Waals surface area contributed by atoms with E-state index in [0.29, 0.717) is 11.4 Å². The summed E-state index contributed by atoms with van der Waals surface area (Å²) in [5, 5.41) is 8.75. The molecule has 2 rings (SSSR count). The second-order valence-corrected chi connectivity index (χ2v) is 2.70. The van der Waals surface area contributed by atoms with E-state index in [2.05, 4.69) is 15.0 Å². The van der Waals surface area contributed by atoms with E-state index in [1.54, 1.807) is 6.20 Å². The molecular weight excluding hydrogens is 182 g/mol. The first-order valence-corrected chi connectivity index (χ1v) is 3.95. The summed E-state index contributed by atoms with van der Waals surface area (Å²) < 4.78 is 0. The molecule has 0 aliphatic carbocycles. The number of nitrogens with zero attached hydrogens (tertiary/aromatic N) is 2. The van der Waals surface area contributed by atoms with E-state index in [9.17, 15) is 4.79 Å². The number of carboxylic acids is 1. The Morgan fingerprint density at radius 3 is 3.00 bits per heavy atom. The molecule has 5 heteroatoms. The maximum atomic E-state index is 10.7. The summed E-state index contributed by atoms with van der Waals surface area (Å²) in [6, 6.07) is 2.94. The van der Waals surface area contributed by atoms with Gasteiger partial charge in [-0.15, -0.1) is 0 Å². The fourth-order valence-corrected chi connectivity index (χ4v) is 1.11. The van der Waals surface area contributed by atoms with Crippen LogP contribution in [0, 0.1) is 0 Å². The minimum absolute atomic E-state index is 0.213. The molecule has 0 aliphatic heterocycles. The summed E-state index contributed by atoms with van der Waals surface area (Å²) in [4.78, 5) is 21.4. The van der Waals surface area contributed by atoms with Crippen molar-refractivity contribution in [3.8, 4) is 11.4 Å². The van der Waals surface area contributed by atoms with Crippen LogP contribution in [0.3, 0.4) is 0 Å². The molecule has 0 aliphatic rings. The van der Waals surface area contributed by atoms with Crippen molar-refractivity contribution in [2.45, 2.75) is 0 Å². The van der Waals surface area contributed by atoms with E-state index in [1.807, 2.05) is 0 Å². The molecule has 2 aromatic rings. The van der Waals surface area contributed by atoms with Gasteiger partial charge in [0.15, 0.2) is 0 Å². The maximum Gasteiger partial charge on any atom is 0.335 e. The summed E-state index contributed by atoms with van der Waals surface area (Å²) in [7, 11) is 0. The number of aromatic carboxylic acids is 1. The molecule has 0 aromatic carbocycles. The van der Waals surface area contributed by atoms with Crippen LogP contribution in [0.5, 0.6) is 0 Å². The number of rotatable bonds is 2. The van der Waals surface area contributed by atoms with Crippen LogP contribution in [0.25, 0.3) is 11.4 Å². The van der Waals surface area contributed by atoms with Gasteiger partial charge in [0.1, 0.15) is 0 Å². The van der Waals surface area contributed by atoms with Crippen molar-refractivity contribution in [3.05, 3.63) is 36.4 Å². The zero-order chi connectivity index (χ0) is 9.97. The first kappa shape index (κ1) is 8.43. The molecule has 0 amide bonds. The minimum Gasteiger partial charge on any atom is -0.478 e. The molecule has 2 heterocycles. The zero-order valence-corrected chi connectivity index (χ0v) is 7.14. The van der Waals surface area contributed by atoms with Crippen LogP contribution in [0.1, 0.15) is 10.4 Å². The third-order valence-corrected chi connectivity index (χ3v) is 1.78. The summed E-state index contributed by atoms with van der Waals surface area (Å²) in [6.07, 6.45) is 4.57. The van der Waals surface area contributed by atoms with Gasteiger partial charge in [0.05, 0.1) is 29.5 Å². The van der Waals surface area contributed by atoms with Crippen molar-refractivity contribution in [1.29, 1.82) is 0 Å². The van der Waals surface area contributed by atoms with Crippen LogP contribution in [0.4, 0.5) is 0 Å². The van der Waals surface area contributed by atoms with Crippen LogP contribution in [-0.2, 0) is 0 Å². The Labute approximate surface area is 79.5 Å². The molecule has 0 atom stereocenters. The van der Waals surface area contributed by atoms with Gasteiger partial charge in [0.25, 0.3) is 0 Å². The van der Waals surface area contributed by atoms with E-state index < -0.39 is 5.97 Å². The lowest BCUT2D eigenvalue weighted by atomic mass is 10.2. The number of nitrogens with one attached hydrogen (secondary N) is 1. The van der Waals surface area contributed by atoms with Gasteiger partial charge in [-0.2, -0.15) is 0 Å². The average Bonchev–Trinajstić information content (AvgIpc) is 2.71. The van der Waals surface area contributed by atoms with E-state index >= 15 is 0 Å². The number of pyridine rings is 1. The fraction of sp³-hybridized carbons (Fsp3) is 0.